The molecule has 4 nitrogen and oxygen atoms in total. The van der Waals surface area contributed by atoms with E-state index in [1.807, 2.05) is 4.90 Å². The van der Waals surface area contributed by atoms with Crippen LogP contribution in [0.3, 0.4) is 0 Å². The lowest BCUT2D eigenvalue weighted by molar-refractivity contribution is -0.168. The normalized spacial score (nSPS) is 25.8. The van der Waals surface area contributed by atoms with Crippen LogP contribution in [0.2, 0.25) is 0 Å². The van der Waals surface area contributed by atoms with E-state index in [9.17, 15) is 4.79 Å². The molecule has 0 aromatic carbocycles. The zero-order chi connectivity index (χ0) is 13.2. The Morgan fingerprint density at radius 1 is 1.50 bits per heavy atom. The maximum Gasteiger partial charge on any atom is 0.222 e. The standard InChI is InChI=1S/C14H25NO3/c1-11(2)4-5-13(16)15-9-14(10-15)12(8-17-3)6-7-18-14/h11-12H,4-10H2,1-3H3. The van der Waals surface area contributed by atoms with Crippen molar-refractivity contribution in [1.82, 2.24) is 4.90 Å². The van der Waals surface area contributed by atoms with Gasteiger partial charge in [-0.1, -0.05) is 13.8 Å². The Bertz CT molecular complexity index is 297. The molecule has 104 valence electrons. The fourth-order valence-corrected chi connectivity index (χ4v) is 2.92. The van der Waals surface area contributed by atoms with Gasteiger partial charge in [0.25, 0.3) is 0 Å². The zero-order valence-electron chi connectivity index (χ0n) is 11.8. The third-order valence-electron chi connectivity index (χ3n) is 4.17. The zero-order valence-corrected chi connectivity index (χ0v) is 11.8. The lowest BCUT2D eigenvalue weighted by atomic mass is 9.81. The minimum Gasteiger partial charge on any atom is -0.384 e. The second-order valence-electron chi connectivity index (χ2n) is 6.04. The summed E-state index contributed by atoms with van der Waals surface area (Å²) in [5.41, 5.74) is -0.0937. The highest BCUT2D eigenvalue weighted by atomic mass is 16.5. The molecule has 1 amide bonds. The Kier molecular flexibility index (Phi) is 4.28. The molecule has 18 heavy (non-hydrogen) atoms. The fraction of sp³-hybridized carbons (Fsp3) is 0.929. The Labute approximate surface area is 110 Å². The lowest BCUT2D eigenvalue weighted by Gasteiger charge is -2.50. The van der Waals surface area contributed by atoms with E-state index in [1.54, 1.807) is 7.11 Å². The van der Waals surface area contributed by atoms with Crippen LogP contribution in [0.25, 0.3) is 0 Å². The molecule has 2 fully saturated rings. The van der Waals surface area contributed by atoms with Crippen LogP contribution in [0.15, 0.2) is 0 Å². The molecule has 0 aromatic heterocycles. The summed E-state index contributed by atoms with van der Waals surface area (Å²) in [4.78, 5) is 13.9. The van der Waals surface area contributed by atoms with Gasteiger partial charge in [0, 0.05) is 26.1 Å². The summed E-state index contributed by atoms with van der Waals surface area (Å²) in [6, 6.07) is 0. The number of nitrogens with zero attached hydrogens (tertiary/aromatic N) is 1. The van der Waals surface area contributed by atoms with Crippen LogP contribution in [-0.2, 0) is 14.3 Å². The first kappa shape index (κ1) is 13.8. The molecule has 1 atom stereocenters. The number of hydrogen-bond donors (Lipinski definition) is 0. The van der Waals surface area contributed by atoms with Crippen molar-refractivity contribution >= 4 is 5.91 Å². The van der Waals surface area contributed by atoms with E-state index < -0.39 is 0 Å². The molecule has 2 saturated heterocycles. The topological polar surface area (TPSA) is 38.8 Å². The predicted molar refractivity (Wildman–Crippen MR) is 69.3 cm³/mol. The molecule has 1 unspecified atom stereocenters. The Morgan fingerprint density at radius 2 is 2.22 bits per heavy atom. The van der Waals surface area contributed by atoms with Gasteiger partial charge in [-0.25, -0.2) is 0 Å². The van der Waals surface area contributed by atoms with Crippen molar-refractivity contribution in [3.63, 3.8) is 0 Å². The smallest absolute Gasteiger partial charge is 0.222 e. The number of likely N-dealkylation sites (tertiary alicyclic amines) is 1. The Balaban J connectivity index is 1.80. The number of ether oxygens (including phenoxy) is 2. The number of hydrogen-bond acceptors (Lipinski definition) is 3. The van der Waals surface area contributed by atoms with Gasteiger partial charge in [-0.15, -0.1) is 0 Å². The van der Waals surface area contributed by atoms with Crippen LogP contribution >= 0.6 is 0 Å². The van der Waals surface area contributed by atoms with E-state index >= 15 is 0 Å². The number of rotatable bonds is 5. The molecule has 2 aliphatic rings. The van der Waals surface area contributed by atoms with Crippen molar-refractivity contribution in [2.45, 2.75) is 38.7 Å². The Morgan fingerprint density at radius 3 is 2.83 bits per heavy atom. The summed E-state index contributed by atoms with van der Waals surface area (Å²) in [5.74, 6) is 1.32. The van der Waals surface area contributed by atoms with Crippen molar-refractivity contribution in [3.05, 3.63) is 0 Å². The lowest BCUT2D eigenvalue weighted by Crippen LogP contribution is -2.66. The molecule has 0 aliphatic carbocycles. The number of carbonyl (C=O) groups is 1. The van der Waals surface area contributed by atoms with Crippen molar-refractivity contribution in [2.75, 3.05) is 33.4 Å². The van der Waals surface area contributed by atoms with E-state index in [-0.39, 0.29) is 11.5 Å². The van der Waals surface area contributed by atoms with Crippen molar-refractivity contribution in [1.29, 1.82) is 0 Å². The van der Waals surface area contributed by atoms with Gasteiger partial charge < -0.3 is 14.4 Å². The van der Waals surface area contributed by atoms with Crippen molar-refractivity contribution in [2.24, 2.45) is 11.8 Å². The maximum atomic E-state index is 12.0. The average Bonchev–Trinajstić information content (AvgIpc) is 2.68. The molecule has 0 saturated carbocycles. The van der Waals surface area contributed by atoms with E-state index in [1.165, 1.54) is 0 Å². The van der Waals surface area contributed by atoms with Crippen molar-refractivity contribution < 1.29 is 14.3 Å². The van der Waals surface area contributed by atoms with E-state index in [4.69, 9.17) is 9.47 Å². The number of methoxy groups -OCH3 is 1. The second-order valence-corrected chi connectivity index (χ2v) is 6.04. The molecule has 0 N–H and O–H groups in total. The average molecular weight is 255 g/mol. The quantitative estimate of drug-likeness (QED) is 0.750. The highest BCUT2D eigenvalue weighted by Crippen LogP contribution is 2.40. The van der Waals surface area contributed by atoms with E-state index in [0.29, 0.717) is 18.3 Å². The summed E-state index contributed by atoms with van der Waals surface area (Å²) in [6.07, 6.45) is 2.70. The first-order valence-electron chi connectivity index (χ1n) is 6.98. The van der Waals surface area contributed by atoms with Crippen molar-refractivity contribution in [3.8, 4) is 0 Å². The van der Waals surface area contributed by atoms with Crippen LogP contribution in [0.4, 0.5) is 0 Å². The molecule has 0 aromatic rings. The molecule has 4 heteroatoms. The molecular weight excluding hydrogens is 230 g/mol. The van der Waals surface area contributed by atoms with Crippen LogP contribution in [0.1, 0.15) is 33.1 Å². The van der Waals surface area contributed by atoms with E-state index in [0.717, 1.165) is 39.1 Å². The summed E-state index contributed by atoms with van der Waals surface area (Å²) in [7, 11) is 1.73. The van der Waals surface area contributed by atoms with Gasteiger partial charge >= 0.3 is 0 Å². The summed E-state index contributed by atoms with van der Waals surface area (Å²) < 4.78 is 11.1. The molecule has 0 bridgehead atoms. The summed E-state index contributed by atoms with van der Waals surface area (Å²) >= 11 is 0. The molecule has 2 rings (SSSR count). The van der Waals surface area contributed by atoms with Gasteiger partial charge in [0.15, 0.2) is 0 Å². The maximum absolute atomic E-state index is 12.0. The molecule has 1 spiro atoms. The minimum atomic E-state index is -0.0937. The molecule has 0 radical (unpaired) electrons. The largest absolute Gasteiger partial charge is 0.384 e. The third kappa shape index (κ3) is 2.69. The van der Waals surface area contributed by atoms with Gasteiger partial charge in [0.1, 0.15) is 5.60 Å². The molecule has 2 aliphatic heterocycles. The van der Waals surface area contributed by atoms with Crippen LogP contribution in [0.5, 0.6) is 0 Å². The van der Waals surface area contributed by atoms with Gasteiger partial charge in [0.05, 0.1) is 19.7 Å². The number of carbonyl (C=O) groups excluding carboxylic acids is 1. The first-order chi connectivity index (χ1) is 8.57. The first-order valence-corrected chi connectivity index (χ1v) is 6.98. The van der Waals surface area contributed by atoms with Gasteiger partial charge in [-0.05, 0) is 18.8 Å². The number of amides is 1. The third-order valence-corrected chi connectivity index (χ3v) is 4.17. The second kappa shape index (κ2) is 5.57. The minimum absolute atomic E-state index is 0.0937. The summed E-state index contributed by atoms with van der Waals surface area (Å²) in [5, 5.41) is 0. The highest BCUT2D eigenvalue weighted by molar-refractivity contribution is 5.77. The fourth-order valence-electron chi connectivity index (χ4n) is 2.92. The monoisotopic (exact) mass is 255 g/mol. The van der Waals surface area contributed by atoms with E-state index in [2.05, 4.69) is 13.8 Å². The predicted octanol–water partition coefficient (Wildman–Crippen LogP) is 1.69. The van der Waals surface area contributed by atoms with Crippen LogP contribution in [0, 0.1) is 11.8 Å². The Hall–Kier alpha value is -0.610. The van der Waals surface area contributed by atoms with Gasteiger partial charge in [-0.2, -0.15) is 0 Å². The van der Waals surface area contributed by atoms with Gasteiger partial charge in [-0.3, -0.25) is 4.79 Å². The van der Waals surface area contributed by atoms with Gasteiger partial charge in [0.2, 0.25) is 5.91 Å². The molecule has 2 heterocycles. The van der Waals surface area contributed by atoms with Crippen LogP contribution in [-0.4, -0.2) is 49.8 Å². The molecular formula is C14H25NO3. The van der Waals surface area contributed by atoms with Crippen LogP contribution < -0.4 is 0 Å². The highest BCUT2D eigenvalue weighted by Gasteiger charge is 2.54. The SMILES string of the molecule is COCC1CCOC12CN(C(=O)CCC(C)C)C2. The summed E-state index contributed by atoms with van der Waals surface area (Å²) in [6.45, 7) is 7.38.